The van der Waals surface area contributed by atoms with Gasteiger partial charge in [-0.3, -0.25) is 4.79 Å². The number of nitrogens with zero attached hydrogens (tertiary/aromatic N) is 2. The molecule has 1 aliphatic rings. The first kappa shape index (κ1) is 21.2. The Labute approximate surface area is 172 Å². The first-order valence-electron chi connectivity index (χ1n) is 9.32. The number of amides is 1. The molecule has 1 amide bonds. The van der Waals surface area contributed by atoms with Gasteiger partial charge in [-0.05, 0) is 62.9 Å². The molecular formula is C21H21ClF3N3O. The van der Waals surface area contributed by atoms with Crippen LogP contribution < -0.4 is 10.3 Å². The molecule has 0 unspecified atom stereocenters. The van der Waals surface area contributed by atoms with Crippen LogP contribution in [0.15, 0.2) is 29.4 Å². The number of nitrogens with one attached hydrogen (secondary N) is 1. The summed E-state index contributed by atoms with van der Waals surface area (Å²) in [4.78, 5) is 14.2. The molecule has 1 N–H and O–H groups in total. The molecule has 8 heteroatoms. The van der Waals surface area contributed by atoms with Gasteiger partial charge < -0.3 is 4.90 Å². The number of hydrogen-bond donors (Lipinski definition) is 1. The molecule has 0 aromatic heterocycles. The van der Waals surface area contributed by atoms with E-state index in [1.807, 2.05) is 11.8 Å². The summed E-state index contributed by atoms with van der Waals surface area (Å²) in [7, 11) is 0. The summed E-state index contributed by atoms with van der Waals surface area (Å²) in [5.74, 6) is -3.48. The Balaban J connectivity index is 1.80. The Morgan fingerprint density at radius 2 is 1.62 bits per heavy atom. The predicted molar refractivity (Wildman–Crippen MR) is 108 cm³/mol. The van der Waals surface area contributed by atoms with Crippen LogP contribution in [-0.2, 0) is 0 Å². The highest BCUT2D eigenvalue weighted by Crippen LogP contribution is 2.27. The number of hydrogen-bond acceptors (Lipinski definition) is 3. The molecule has 0 aliphatic carbocycles. The Morgan fingerprint density at radius 3 is 2.31 bits per heavy atom. The molecule has 3 rings (SSSR count). The van der Waals surface area contributed by atoms with E-state index >= 15 is 0 Å². The monoisotopic (exact) mass is 423 g/mol. The molecule has 1 saturated heterocycles. The standard InChI is InChI=1S/C21H21ClF3N3O/c1-12-8-20(28-6-4-3-5-7-28)19(25)9-14(12)13(2)26-27-21(29)15-10-17(23)18(24)11-16(15)22/h8-11H,3-7H2,1-2H3,(H,27,29)/b26-13+. The van der Waals surface area contributed by atoms with Crippen LogP contribution in [0.3, 0.4) is 0 Å². The van der Waals surface area contributed by atoms with Gasteiger partial charge in [0.25, 0.3) is 5.91 Å². The summed E-state index contributed by atoms with van der Waals surface area (Å²) in [5.41, 5.74) is 4.30. The normalized spacial score (nSPS) is 14.8. The van der Waals surface area contributed by atoms with E-state index in [-0.39, 0.29) is 16.4 Å². The lowest BCUT2D eigenvalue weighted by Gasteiger charge is -2.29. The maximum Gasteiger partial charge on any atom is 0.272 e. The van der Waals surface area contributed by atoms with Gasteiger partial charge >= 0.3 is 0 Å². The zero-order valence-corrected chi connectivity index (χ0v) is 16.9. The van der Waals surface area contributed by atoms with Crippen LogP contribution in [0, 0.1) is 24.4 Å². The van der Waals surface area contributed by atoms with Crippen molar-refractivity contribution in [2.45, 2.75) is 33.1 Å². The first-order valence-corrected chi connectivity index (χ1v) is 9.70. The molecule has 1 aliphatic heterocycles. The van der Waals surface area contributed by atoms with Gasteiger partial charge in [0, 0.05) is 18.7 Å². The fraction of sp³-hybridized carbons (Fsp3) is 0.333. The fourth-order valence-electron chi connectivity index (χ4n) is 3.38. The van der Waals surface area contributed by atoms with Crippen molar-refractivity contribution >= 4 is 28.9 Å². The van der Waals surface area contributed by atoms with Gasteiger partial charge in [-0.1, -0.05) is 11.6 Å². The van der Waals surface area contributed by atoms with Gasteiger partial charge in [0.15, 0.2) is 11.6 Å². The van der Waals surface area contributed by atoms with E-state index in [1.165, 1.54) is 6.07 Å². The van der Waals surface area contributed by atoms with E-state index in [0.29, 0.717) is 23.0 Å². The average Bonchev–Trinajstić information content (AvgIpc) is 2.70. The van der Waals surface area contributed by atoms with Crippen molar-refractivity contribution in [3.8, 4) is 0 Å². The van der Waals surface area contributed by atoms with E-state index in [4.69, 9.17) is 11.6 Å². The van der Waals surface area contributed by atoms with Crippen LogP contribution in [0.2, 0.25) is 5.02 Å². The van der Waals surface area contributed by atoms with Crippen molar-refractivity contribution in [2.75, 3.05) is 18.0 Å². The van der Waals surface area contributed by atoms with E-state index in [1.54, 1.807) is 13.0 Å². The third kappa shape index (κ3) is 4.72. The lowest BCUT2D eigenvalue weighted by Crippen LogP contribution is -2.30. The molecule has 29 heavy (non-hydrogen) atoms. The molecule has 0 spiro atoms. The van der Waals surface area contributed by atoms with E-state index in [0.717, 1.165) is 44.0 Å². The quantitative estimate of drug-likeness (QED) is 0.417. The lowest BCUT2D eigenvalue weighted by atomic mass is 10.0. The van der Waals surface area contributed by atoms with Gasteiger partial charge in [0.1, 0.15) is 5.82 Å². The minimum atomic E-state index is -1.19. The molecule has 1 heterocycles. The second-order valence-corrected chi connectivity index (χ2v) is 7.46. The third-order valence-corrected chi connectivity index (χ3v) is 5.27. The Kier molecular flexibility index (Phi) is 6.47. The van der Waals surface area contributed by atoms with Crippen LogP contribution in [0.5, 0.6) is 0 Å². The molecule has 0 atom stereocenters. The zero-order chi connectivity index (χ0) is 21.1. The second-order valence-electron chi connectivity index (χ2n) is 7.05. The first-order chi connectivity index (χ1) is 13.8. The number of rotatable bonds is 4. The van der Waals surface area contributed by atoms with Gasteiger partial charge in [-0.2, -0.15) is 5.10 Å². The van der Waals surface area contributed by atoms with Crippen LogP contribution >= 0.6 is 11.6 Å². The Bertz CT molecular complexity index is 972. The average molecular weight is 424 g/mol. The summed E-state index contributed by atoms with van der Waals surface area (Å²) in [6.07, 6.45) is 3.24. The number of hydrazone groups is 1. The van der Waals surface area contributed by atoms with Gasteiger partial charge in [0.2, 0.25) is 0 Å². The molecule has 154 valence electrons. The summed E-state index contributed by atoms with van der Waals surface area (Å²) < 4.78 is 41.2. The van der Waals surface area contributed by atoms with Crippen molar-refractivity contribution < 1.29 is 18.0 Å². The summed E-state index contributed by atoms with van der Waals surface area (Å²) in [6.45, 7) is 5.12. The molecule has 2 aromatic rings. The van der Waals surface area contributed by atoms with E-state index in [2.05, 4.69) is 10.5 Å². The summed E-state index contributed by atoms with van der Waals surface area (Å²) >= 11 is 5.80. The SMILES string of the molecule is C/C(=N\NC(=O)c1cc(F)c(F)cc1Cl)c1cc(F)c(N2CCCCC2)cc1C. The number of carbonyl (C=O) groups is 1. The van der Waals surface area contributed by atoms with Crippen LogP contribution in [0.4, 0.5) is 18.9 Å². The summed E-state index contributed by atoms with van der Waals surface area (Å²) in [6, 6.07) is 4.61. The number of piperidine rings is 1. The zero-order valence-electron chi connectivity index (χ0n) is 16.2. The lowest BCUT2D eigenvalue weighted by molar-refractivity contribution is 0.0954. The van der Waals surface area contributed by atoms with Gasteiger partial charge in [-0.25, -0.2) is 18.6 Å². The van der Waals surface area contributed by atoms with Gasteiger partial charge in [0.05, 0.1) is 22.0 Å². The van der Waals surface area contributed by atoms with Crippen LogP contribution in [0.25, 0.3) is 0 Å². The van der Waals surface area contributed by atoms with Crippen molar-refractivity contribution in [1.82, 2.24) is 5.43 Å². The molecule has 0 saturated carbocycles. The molecule has 0 radical (unpaired) electrons. The number of aryl methyl sites for hydroxylation is 1. The van der Waals surface area contributed by atoms with E-state index in [9.17, 15) is 18.0 Å². The molecular weight excluding hydrogens is 403 g/mol. The number of carbonyl (C=O) groups excluding carboxylic acids is 1. The van der Waals surface area contributed by atoms with Crippen LogP contribution in [-0.4, -0.2) is 24.7 Å². The second kappa shape index (κ2) is 8.86. The predicted octanol–water partition coefficient (Wildman–Crippen LogP) is 5.21. The molecule has 4 nitrogen and oxygen atoms in total. The maximum atomic E-state index is 14.7. The van der Waals surface area contributed by atoms with Crippen molar-refractivity contribution in [2.24, 2.45) is 5.10 Å². The minimum absolute atomic E-state index is 0.234. The number of benzene rings is 2. The summed E-state index contributed by atoms with van der Waals surface area (Å²) in [5, 5.41) is 3.74. The van der Waals surface area contributed by atoms with Crippen molar-refractivity contribution in [1.29, 1.82) is 0 Å². The Morgan fingerprint density at radius 1 is 1.00 bits per heavy atom. The highest BCUT2D eigenvalue weighted by atomic mass is 35.5. The highest BCUT2D eigenvalue weighted by Gasteiger charge is 2.18. The van der Waals surface area contributed by atoms with Crippen molar-refractivity contribution in [3.63, 3.8) is 0 Å². The van der Waals surface area contributed by atoms with Crippen LogP contribution in [0.1, 0.15) is 47.7 Å². The highest BCUT2D eigenvalue weighted by molar-refractivity contribution is 6.33. The molecule has 0 bridgehead atoms. The van der Waals surface area contributed by atoms with Crippen molar-refractivity contribution in [3.05, 3.63) is 63.4 Å². The Hall–Kier alpha value is -2.54. The third-order valence-electron chi connectivity index (χ3n) is 4.96. The van der Waals surface area contributed by atoms with Gasteiger partial charge in [-0.15, -0.1) is 0 Å². The molecule has 2 aromatic carbocycles. The topological polar surface area (TPSA) is 44.7 Å². The fourth-order valence-corrected chi connectivity index (χ4v) is 3.62. The molecule has 1 fully saturated rings. The smallest absolute Gasteiger partial charge is 0.272 e. The number of anilines is 1. The maximum absolute atomic E-state index is 14.7. The largest absolute Gasteiger partial charge is 0.369 e. The minimum Gasteiger partial charge on any atom is -0.369 e. The number of halogens is 4. The van der Waals surface area contributed by atoms with E-state index < -0.39 is 17.5 Å².